The SMILES string of the molecule is C.C/C(=C(\C)C(C)(C)/C(C)=C(/C)C(C)(C)C(C)(C)C)C(C)(C)/C(C)=C(/C)C(C)(C)C(C)(C)C.C/C(=C(\C)C(C)(C)C(C)(C)C)C(C)(C)/C(C)=C(/C)C(C)(C)C(C)(C)C.C/C(=C(\C)C(C)(C)C(C)(C)C)C(C)(C)C(C)(C)C. The van der Waals surface area contributed by atoms with Crippen molar-refractivity contribution in [2.24, 2.45) is 81.2 Å². The number of hydrogen-bond donors (Lipinski definition) is 0. The fourth-order valence-electron chi connectivity index (χ4n) is 9.84. The van der Waals surface area contributed by atoms with E-state index >= 15 is 0 Å². The first-order valence-electron chi connectivity index (χ1n) is 30.0. The third kappa shape index (κ3) is 16.8. The molecule has 76 heavy (non-hydrogen) atoms. The van der Waals surface area contributed by atoms with Crippen LogP contribution in [-0.4, -0.2) is 0 Å². The van der Waals surface area contributed by atoms with Gasteiger partial charge in [-0.2, -0.15) is 0 Å². The van der Waals surface area contributed by atoms with Crippen LogP contribution in [0.1, 0.15) is 340 Å². The summed E-state index contributed by atoms with van der Waals surface area (Å²) in [6.45, 7) is 114. The molecule has 0 unspecified atom stereocenters. The Balaban J connectivity index is -0.000000529. The summed E-state index contributed by atoms with van der Waals surface area (Å²) in [7, 11) is 0. The van der Waals surface area contributed by atoms with E-state index in [-0.39, 0.29) is 88.7 Å². The molecule has 0 spiro atoms. The topological polar surface area (TPSA) is 0 Å². The van der Waals surface area contributed by atoms with Gasteiger partial charge in [-0.3, -0.25) is 0 Å². The van der Waals surface area contributed by atoms with Crippen molar-refractivity contribution in [2.75, 3.05) is 0 Å². The van der Waals surface area contributed by atoms with Gasteiger partial charge in [0.05, 0.1) is 0 Å². The third-order valence-corrected chi connectivity index (χ3v) is 25.9. The molecule has 0 bridgehead atoms. The minimum absolute atomic E-state index is 0. The molecule has 0 aliphatic carbocycles. The van der Waals surface area contributed by atoms with Crippen molar-refractivity contribution in [2.45, 2.75) is 340 Å². The van der Waals surface area contributed by atoms with Crippen LogP contribution in [0.4, 0.5) is 0 Å². The van der Waals surface area contributed by atoms with Crippen molar-refractivity contribution in [1.82, 2.24) is 0 Å². The van der Waals surface area contributed by atoms with Crippen LogP contribution in [0.2, 0.25) is 0 Å². The molecule has 0 nitrogen and oxygen atoms in total. The third-order valence-electron chi connectivity index (χ3n) is 25.9. The van der Waals surface area contributed by atoms with E-state index in [1.807, 2.05) is 0 Å². The molecule has 0 aliphatic heterocycles. The summed E-state index contributed by atoms with van der Waals surface area (Å²) in [5.74, 6) is 0. The highest BCUT2D eigenvalue weighted by atomic mass is 14.5. The van der Waals surface area contributed by atoms with Crippen molar-refractivity contribution < 1.29 is 0 Å². The summed E-state index contributed by atoms with van der Waals surface area (Å²) < 4.78 is 0. The van der Waals surface area contributed by atoms with Crippen molar-refractivity contribution in [3.8, 4) is 0 Å². The molecule has 0 saturated heterocycles. The van der Waals surface area contributed by atoms with E-state index in [1.165, 1.54) is 55.7 Å². The monoisotopic (exact) mass is 1060 g/mol. The average molecular weight is 1060 g/mol. The van der Waals surface area contributed by atoms with Crippen molar-refractivity contribution in [3.63, 3.8) is 0 Å². The first-order chi connectivity index (χ1) is 31.9. The van der Waals surface area contributed by atoms with Gasteiger partial charge in [-0.25, -0.2) is 0 Å². The van der Waals surface area contributed by atoms with Gasteiger partial charge >= 0.3 is 0 Å². The molecular weight excluding hydrogens is 913 g/mol. The Bertz CT molecular complexity index is 1980. The molecule has 0 aliphatic rings. The van der Waals surface area contributed by atoms with Crippen LogP contribution in [0.15, 0.2) is 66.9 Å². The molecule has 0 fully saturated rings. The standard InChI is InChI=1S/C32H60.C25H48.C18H36.CH4/c1-21(29(13,14)23(3)25(5)31(17,18)27(7,8)9)22(2)30(15,16)24(4)26(6)32(19,20)28(10,11)12;1-17(19(3)24(13,14)21(5,6)7)23(11,12)18(2)20(4)25(15,16)22(8,9)10;1-13(17(9,10)15(3,4)5)14(2)18(11,12)16(6,7)8;/h1-20H3;1-16H3;1-12H3;1H4/b22-21-,25-23-,26-24-;19-17-,20-18-;14-13-;. The van der Waals surface area contributed by atoms with E-state index in [1.54, 1.807) is 11.1 Å². The van der Waals surface area contributed by atoms with Crippen LogP contribution in [-0.2, 0) is 0 Å². The zero-order valence-electron chi connectivity index (χ0n) is 61.5. The predicted molar refractivity (Wildman–Crippen MR) is 358 cm³/mol. The fraction of sp³-hybridized carbons (Fsp3) is 0.842. The van der Waals surface area contributed by atoms with E-state index in [9.17, 15) is 0 Å². The number of rotatable bonds is 12. The Morgan fingerprint density at radius 1 is 0.132 bits per heavy atom. The van der Waals surface area contributed by atoms with Gasteiger partial charge in [-0.1, -0.05) is 324 Å². The second-order valence-electron chi connectivity index (χ2n) is 35.6. The second kappa shape index (κ2) is 24.9. The average Bonchev–Trinajstić information content (AvgIpc) is 3.20. The first kappa shape index (κ1) is 80.9. The maximum Gasteiger partial charge on any atom is 0.00641 e. The van der Waals surface area contributed by atoms with Crippen molar-refractivity contribution in [3.05, 3.63) is 66.9 Å². The van der Waals surface area contributed by atoms with Gasteiger partial charge in [-0.05, 0) is 148 Å². The quantitative estimate of drug-likeness (QED) is 0.171. The van der Waals surface area contributed by atoms with Crippen molar-refractivity contribution in [1.29, 1.82) is 0 Å². The maximum atomic E-state index is 2.42. The molecule has 0 aromatic rings. The molecule has 0 aromatic heterocycles. The molecule has 0 heteroatoms. The highest BCUT2D eigenvalue weighted by Gasteiger charge is 2.44. The van der Waals surface area contributed by atoms with Gasteiger partial charge in [0.1, 0.15) is 0 Å². The molecule has 0 radical (unpaired) electrons. The van der Waals surface area contributed by atoms with Crippen LogP contribution in [0, 0.1) is 81.2 Å². The summed E-state index contributed by atoms with van der Waals surface area (Å²) in [5.41, 5.74) is 20.9. The maximum absolute atomic E-state index is 2.42. The lowest BCUT2D eigenvalue weighted by Gasteiger charge is -2.46. The predicted octanol–water partition coefficient (Wildman–Crippen LogP) is 27.1. The summed E-state index contributed by atoms with van der Waals surface area (Å²) in [5, 5.41) is 0. The molecule has 0 heterocycles. The zero-order chi connectivity index (χ0) is 62.4. The highest BCUT2D eigenvalue weighted by Crippen LogP contribution is 2.56. The Labute approximate surface area is 485 Å². The molecule has 0 saturated carbocycles. The van der Waals surface area contributed by atoms with Gasteiger partial charge in [0.15, 0.2) is 0 Å². The van der Waals surface area contributed by atoms with Crippen molar-refractivity contribution >= 4 is 0 Å². The lowest BCUT2D eigenvalue weighted by Crippen LogP contribution is -2.36. The second-order valence-corrected chi connectivity index (χ2v) is 35.6. The molecule has 452 valence electrons. The van der Waals surface area contributed by atoms with Crippen LogP contribution < -0.4 is 0 Å². The van der Waals surface area contributed by atoms with E-state index in [4.69, 9.17) is 0 Å². The minimum atomic E-state index is 0. The smallest absolute Gasteiger partial charge is 0.00641 e. The normalized spacial score (nSPS) is 17.1. The molecule has 0 rings (SSSR count). The molecule has 0 N–H and O–H groups in total. The fourth-order valence-corrected chi connectivity index (χ4v) is 9.84. The van der Waals surface area contributed by atoms with Crippen LogP contribution in [0.3, 0.4) is 0 Å². The van der Waals surface area contributed by atoms with Crippen LogP contribution in [0.25, 0.3) is 0 Å². The van der Waals surface area contributed by atoms with E-state index in [2.05, 4.69) is 332 Å². The van der Waals surface area contributed by atoms with Gasteiger partial charge in [-0.15, -0.1) is 0 Å². The van der Waals surface area contributed by atoms with Gasteiger partial charge in [0.25, 0.3) is 0 Å². The number of hydrogen-bond acceptors (Lipinski definition) is 0. The van der Waals surface area contributed by atoms with Gasteiger partial charge < -0.3 is 0 Å². The lowest BCUT2D eigenvalue weighted by molar-refractivity contribution is 0.149. The minimum Gasteiger partial charge on any atom is -0.0776 e. The summed E-state index contributed by atoms with van der Waals surface area (Å²) >= 11 is 0. The first-order valence-corrected chi connectivity index (χ1v) is 30.0. The summed E-state index contributed by atoms with van der Waals surface area (Å²) in [6.07, 6.45) is 0. The Morgan fingerprint density at radius 3 is 0.276 bits per heavy atom. The Kier molecular flexibility index (Phi) is 26.5. The summed E-state index contributed by atoms with van der Waals surface area (Å²) in [4.78, 5) is 0. The largest absolute Gasteiger partial charge is 0.0776 e. The van der Waals surface area contributed by atoms with E-state index < -0.39 is 0 Å². The van der Waals surface area contributed by atoms with E-state index in [0.29, 0.717) is 0 Å². The van der Waals surface area contributed by atoms with Crippen LogP contribution >= 0.6 is 0 Å². The Morgan fingerprint density at radius 2 is 0.197 bits per heavy atom. The number of allylic oxidation sites excluding steroid dienone is 12. The molecule has 0 aromatic carbocycles. The molecule has 0 amide bonds. The molecular formula is C76H148. The van der Waals surface area contributed by atoms with Crippen LogP contribution in [0.5, 0.6) is 0 Å². The zero-order valence-corrected chi connectivity index (χ0v) is 61.5. The Hall–Kier alpha value is -1.56. The van der Waals surface area contributed by atoms with E-state index in [0.717, 1.165) is 0 Å². The summed E-state index contributed by atoms with van der Waals surface area (Å²) in [6, 6.07) is 0. The lowest BCUT2D eigenvalue weighted by atomic mass is 9.59. The van der Waals surface area contributed by atoms with Gasteiger partial charge in [0, 0.05) is 16.2 Å². The molecule has 0 atom stereocenters. The van der Waals surface area contributed by atoms with Gasteiger partial charge in [0.2, 0.25) is 0 Å². The highest BCUT2D eigenvalue weighted by molar-refractivity contribution is 5.40.